The van der Waals surface area contributed by atoms with Gasteiger partial charge < -0.3 is 19.2 Å². The Morgan fingerprint density at radius 2 is 1.87 bits per heavy atom. The first-order valence-corrected chi connectivity index (χ1v) is 10.3. The highest BCUT2D eigenvalue weighted by molar-refractivity contribution is 5.40. The minimum Gasteiger partial charge on any atom is -0.488 e. The van der Waals surface area contributed by atoms with Crippen molar-refractivity contribution in [3.05, 3.63) is 69.1 Å². The van der Waals surface area contributed by atoms with Crippen LogP contribution in [0.2, 0.25) is 0 Å². The standard InChI is InChI=1S/C25H37NO4/c1-9-11-22(28-6)19(4)16-18(3)13-10-12-17(2)14-15-21-20(5)23(27)24(29-7)25(26-21)30-8/h9-11,13-14,16,19,22H,12,15H2,1-8H3,(H,26,27)/b11-9+,13-10+,17-14+,18-16+/t19-,22+/m1/s1. The molecule has 0 fully saturated rings. The molecule has 5 heteroatoms. The van der Waals surface area contributed by atoms with Crippen molar-refractivity contribution in [3.8, 4) is 11.6 Å². The van der Waals surface area contributed by atoms with E-state index in [0.717, 1.165) is 12.1 Å². The highest BCUT2D eigenvalue weighted by atomic mass is 16.5. The molecule has 0 aliphatic rings. The van der Waals surface area contributed by atoms with Crippen LogP contribution in [-0.4, -0.2) is 32.4 Å². The molecule has 2 atom stereocenters. The van der Waals surface area contributed by atoms with Gasteiger partial charge in [-0.15, -0.1) is 0 Å². The van der Waals surface area contributed by atoms with Gasteiger partial charge in [0, 0.05) is 30.7 Å². The Kier molecular flexibility index (Phi) is 11.0. The average molecular weight is 416 g/mol. The molecular formula is C25H37NO4. The lowest BCUT2D eigenvalue weighted by atomic mass is 10.0. The van der Waals surface area contributed by atoms with E-state index in [1.54, 1.807) is 14.0 Å². The van der Waals surface area contributed by atoms with E-state index >= 15 is 0 Å². The van der Waals surface area contributed by atoms with E-state index in [4.69, 9.17) is 14.2 Å². The number of ether oxygens (including phenoxy) is 3. The van der Waals surface area contributed by atoms with Crippen LogP contribution in [0.3, 0.4) is 0 Å². The maximum absolute atomic E-state index is 12.4. The van der Waals surface area contributed by atoms with Crippen LogP contribution >= 0.6 is 0 Å². The summed E-state index contributed by atoms with van der Waals surface area (Å²) in [6.07, 6.45) is 14.3. The molecule has 0 saturated heterocycles. The molecule has 1 rings (SSSR count). The van der Waals surface area contributed by atoms with Gasteiger partial charge in [-0.25, -0.2) is 0 Å². The summed E-state index contributed by atoms with van der Waals surface area (Å²) in [4.78, 5) is 15.6. The Morgan fingerprint density at radius 1 is 1.17 bits per heavy atom. The van der Waals surface area contributed by atoms with Crippen LogP contribution in [0.4, 0.5) is 0 Å². The number of allylic oxidation sites excluding steroid dienone is 6. The van der Waals surface area contributed by atoms with Crippen LogP contribution in [0, 0.1) is 12.8 Å². The summed E-state index contributed by atoms with van der Waals surface area (Å²) < 4.78 is 15.9. The van der Waals surface area contributed by atoms with Gasteiger partial charge in [-0.1, -0.05) is 54.5 Å². The number of aromatic amines is 1. The van der Waals surface area contributed by atoms with Gasteiger partial charge in [0.15, 0.2) is 0 Å². The minimum absolute atomic E-state index is 0.0897. The highest BCUT2D eigenvalue weighted by Crippen LogP contribution is 2.22. The van der Waals surface area contributed by atoms with Crippen molar-refractivity contribution in [2.45, 2.75) is 53.6 Å². The molecule has 0 aliphatic heterocycles. The molecule has 0 aromatic carbocycles. The number of hydrogen-bond acceptors (Lipinski definition) is 4. The predicted molar refractivity (Wildman–Crippen MR) is 125 cm³/mol. The van der Waals surface area contributed by atoms with Gasteiger partial charge in [0.25, 0.3) is 0 Å². The number of hydrogen-bond donors (Lipinski definition) is 1. The molecule has 0 spiro atoms. The number of rotatable bonds is 11. The Morgan fingerprint density at radius 3 is 2.43 bits per heavy atom. The molecule has 30 heavy (non-hydrogen) atoms. The van der Waals surface area contributed by atoms with Gasteiger partial charge in [0.1, 0.15) is 0 Å². The van der Waals surface area contributed by atoms with Gasteiger partial charge in [-0.3, -0.25) is 4.79 Å². The van der Waals surface area contributed by atoms with Crippen LogP contribution in [0.1, 0.15) is 45.4 Å². The zero-order valence-corrected chi connectivity index (χ0v) is 19.7. The van der Waals surface area contributed by atoms with Crippen LogP contribution in [-0.2, 0) is 11.2 Å². The molecular weight excluding hydrogens is 378 g/mol. The molecule has 0 radical (unpaired) electrons. The SMILES string of the molecule is C/C=C/[C@H](OC)[C@H](C)/C=C(C)/C=C/C/C(C)=C/Cc1[nH]c(OC)c(OC)c(=O)c1C. The van der Waals surface area contributed by atoms with Gasteiger partial charge in [-0.2, -0.15) is 0 Å². The van der Waals surface area contributed by atoms with Crippen molar-refractivity contribution in [1.82, 2.24) is 4.98 Å². The molecule has 1 N–H and O–H groups in total. The van der Waals surface area contributed by atoms with Gasteiger partial charge >= 0.3 is 0 Å². The first-order chi connectivity index (χ1) is 14.3. The van der Waals surface area contributed by atoms with E-state index in [0.29, 0.717) is 23.8 Å². The first kappa shape index (κ1) is 25.5. The van der Waals surface area contributed by atoms with Gasteiger partial charge in [0.05, 0.1) is 20.3 Å². The fraction of sp³-hybridized carbons (Fsp3) is 0.480. The van der Waals surface area contributed by atoms with Crippen molar-refractivity contribution in [3.63, 3.8) is 0 Å². The number of methoxy groups -OCH3 is 3. The van der Waals surface area contributed by atoms with Gasteiger partial charge in [-0.05, 0) is 34.1 Å². The Labute approximate surface area is 181 Å². The third-order valence-electron chi connectivity index (χ3n) is 5.05. The topological polar surface area (TPSA) is 60.6 Å². The second-order valence-corrected chi connectivity index (χ2v) is 7.48. The summed E-state index contributed by atoms with van der Waals surface area (Å²) in [6.45, 7) is 10.2. The Balaban J connectivity index is 2.80. The normalized spacial score (nSPS) is 15.1. The minimum atomic E-state index is -0.142. The lowest BCUT2D eigenvalue weighted by molar-refractivity contribution is 0.112. The third-order valence-corrected chi connectivity index (χ3v) is 5.05. The molecule has 0 aliphatic carbocycles. The Bertz CT molecular complexity index is 859. The Hall–Kier alpha value is -2.53. The molecule has 166 valence electrons. The second kappa shape index (κ2) is 12.9. The molecule has 1 aromatic heterocycles. The third kappa shape index (κ3) is 7.38. The molecule has 0 amide bonds. The fourth-order valence-corrected chi connectivity index (χ4v) is 3.24. The van der Waals surface area contributed by atoms with Crippen molar-refractivity contribution >= 4 is 0 Å². The van der Waals surface area contributed by atoms with Crippen molar-refractivity contribution in [2.75, 3.05) is 21.3 Å². The molecule has 1 aromatic rings. The predicted octanol–water partition coefficient (Wildman–Crippen LogP) is 5.31. The van der Waals surface area contributed by atoms with E-state index in [-0.39, 0.29) is 17.3 Å². The lowest BCUT2D eigenvalue weighted by Crippen LogP contribution is -2.16. The summed E-state index contributed by atoms with van der Waals surface area (Å²) in [5, 5.41) is 0. The summed E-state index contributed by atoms with van der Waals surface area (Å²) >= 11 is 0. The smallest absolute Gasteiger partial charge is 0.238 e. The summed E-state index contributed by atoms with van der Waals surface area (Å²) in [7, 11) is 4.72. The second-order valence-electron chi connectivity index (χ2n) is 7.48. The zero-order valence-electron chi connectivity index (χ0n) is 19.7. The number of H-pyrrole nitrogens is 1. The average Bonchev–Trinajstić information content (AvgIpc) is 2.72. The van der Waals surface area contributed by atoms with Gasteiger partial charge in [0.2, 0.25) is 17.1 Å². The largest absolute Gasteiger partial charge is 0.488 e. The molecule has 5 nitrogen and oxygen atoms in total. The fourth-order valence-electron chi connectivity index (χ4n) is 3.24. The van der Waals surface area contributed by atoms with E-state index in [9.17, 15) is 4.79 Å². The maximum Gasteiger partial charge on any atom is 0.238 e. The molecule has 0 unspecified atom stereocenters. The lowest BCUT2D eigenvalue weighted by Gasteiger charge is -2.16. The summed E-state index contributed by atoms with van der Waals surface area (Å²) in [6, 6.07) is 0. The molecule has 0 bridgehead atoms. The van der Waals surface area contributed by atoms with Crippen molar-refractivity contribution in [1.29, 1.82) is 0 Å². The number of aromatic nitrogens is 1. The van der Waals surface area contributed by atoms with E-state index in [1.165, 1.54) is 25.4 Å². The van der Waals surface area contributed by atoms with Crippen LogP contribution in [0.5, 0.6) is 11.6 Å². The first-order valence-electron chi connectivity index (χ1n) is 10.3. The maximum atomic E-state index is 12.4. The highest BCUT2D eigenvalue weighted by Gasteiger charge is 2.14. The number of pyridine rings is 1. The van der Waals surface area contributed by atoms with E-state index in [1.807, 2.05) is 13.0 Å². The van der Waals surface area contributed by atoms with E-state index in [2.05, 4.69) is 56.1 Å². The van der Waals surface area contributed by atoms with Crippen molar-refractivity contribution in [2.24, 2.45) is 5.92 Å². The van der Waals surface area contributed by atoms with E-state index < -0.39 is 0 Å². The molecule has 0 saturated carbocycles. The van der Waals surface area contributed by atoms with Crippen LogP contribution < -0.4 is 14.9 Å². The molecule has 1 heterocycles. The quantitative estimate of drug-likeness (QED) is 0.393. The van der Waals surface area contributed by atoms with Crippen LogP contribution in [0.25, 0.3) is 0 Å². The summed E-state index contributed by atoms with van der Waals surface area (Å²) in [5.41, 5.74) is 3.78. The van der Waals surface area contributed by atoms with Crippen LogP contribution in [0.15, 0.2) is 52.4 Å². The summed E-state index contributed by atoms with van der Waals surface area (Å²) in [5.74, 6) is 0.873. The zero-order chi connectivity index (χ0) is 22.7. The number of nitrogens with one attached hydrogen (secondary N) is 1. The van der Waals surface area contributed by atoms with Crippen molar-refractivity contribution < 1.29 is 14.2 Å². The monoisotopic (exact) mass is 415 g/mol.